The second kappa shape index (κ2) is 5.27. The van der Waals surface area contributed by atoms with Crippen LogP contribution in [0.2, 0.25) is 0 Å². The van der Waals surface area contributed by atoms with Crippen molar-refractivity contribution in [1.29, 1.82) is 0 Å². The molecule has 0 bridgehead atoms. The Morgan fingerprint density at radius 1 is 0.824 bits per heavy atom. The lowest BCUT2D eigenvalue weighted by atomic mass is 10.0. The maximum absolute atomic E-state index is 12.8. The van der Waals surface area contributed by atoms with Crippen molar-refractivity contribution in [2.75, 3.05) is 0 Å². The first kappa shape index (κ1) is 12.7. The van der Waals surface area contributed by atoms with Gasteiger partial charge in [0.25, 0.3) is 6.43 Å². The highest BCUT2D eigenvalue weighted by Gasteiger charge is 2.15. The normalized spacial score (nSPS) is 10.9. The van der Waals surface area contributed by atoms with Crippen molar-refractivity contribution >= 4 is 31.9 Å². The SMILES string of the molecule is FC(F)c1cccc(-c2ccccc2Br)c1Br. The molecule has 2 aromatic carbocycles. The maximum atomic E-state index is 12.8. The molecule has 0 saturated heterocycles. The van der Waals surface area contributed by atoms with E-state index < -0.39 is 6.43 Å². The lowest BCUT2D eigenvalue weighted by Crippen LogP contribution is -1.89. The summed E-state index contributed by atoms with van der Waals surface area (Å²) < 4.78 is 26.9. The quantitative estimate of drug-likeness (QED) is 0.632. The molecule has 2 rings (SSSR count). The van der Waals surface area contributed by atoms with Gasteiger partial charge in [-0.2, -0.15) is 0 Å². The summed E-state index contributed by atoms with van der Waals surface area (Å²) in [5.74, 6) is 0. The third kappa shape index (κ3) is 2.58. The van der Waals surface area contributed by atoms with Crippen molar-refractivity contribution in [2.45, 2.75) is 6.43 Å². The van der Waals surface area contributed by atoms with Crippen LogP contribution in [0.1, 0.15) is 12.0 Å². The molecule has 0 N–H and O–H groups in total. The molecular formula is C13H8Br2F2. The van der Waals surface area contributed by atoms with Crippen LogP contribution < -0.4 is 0 Å². The Hall–Kier alpha value is -0.740. The lowest BCUT2D eigenvalue weighted by molar-refractivity contribution is 0.150. The molecule has 2 aromatic rings. The summed E-state index contributed by atoms with van der Waals surface area (Å²) in [7, 11) is 0. The summed E-state index contributed by atoms with van der Waals surface area (Å²) in [6, 6.07) is 12.4. The summed E-state index contributed by atoms with van der Waals surface area (Å²) >= 11 is 6.67. The van der Waals surface area contributed by atoms with Gasteiger partial charge < -0.3 is 0 Å². The van der Waals surface area contributed by atoms with Crippen LogP contribution in [-0.2, 0) is 0 Å². The van der Waals surface area contributed by atoms with Crippen molar-refractivity contribution in [3.05, 3.63) is 57.0 Å². The van der Waals surface area contributed by atoms with E-state index in [1.807, 2.05) is 30.3 Å². The molecule has 0 aliphatic rings. The van der Waals surface area contributed by atoms with Gasteiger partial charge in [-0.3, -0.25) is 0 Å². The number of hydrogen-bond acceptors (Lipinski definition) is 0. The third-order valence-corrected chi connectivity index (χ3v) is 4.00. The number of benzene rings is 2. The van der Waals surface area contributed by atoms with Crippen LogP contribution in [0.3, 0.4) is 0 Å². The van der Waals surface area contributed by atoms with E-state index in [1.54, 1.807) is 6.07 Å². The van der Waals surface area contributed by atoms with E-state index in [-0.39, 0.29) is 5.56 Å². The molecule has 17 heavy (non-hydrogen) atoms. The van der Waals surface area contributed by atoms with Gasteiger partial charge in [0.2, 0.25) is 0 Å². The van der Waals surface area contributed by atoms with Gasteiger partial charge in [0.1, 0.15) is 0 Å². The van der Waals surface area contributed by atoms with E-state index in [2.05, 4.69) is 31.9 Å². The minimum atomic E-state index is -2.48. The molecule has 0 spiro atoms. The molecule has 0 atom stereocenters. The summed E-state index contributed by atoms with van der Waals surface area (Å²) in [6.45, 7) is 0. The second-order valence-electron chi connectivity index (χ2n) is 3.49. The highest BCUT2D eigenvalue weighted by Crippen LogP contribution is 2.38. The average molecular weight is 362 g/mol. The van der Waals surface area contributed by atoms with Gasteiger partial charge >= 0.3 is 0 Å². The summed E-state index contributed by atoms with van der Waals surface area (Å²) in [4.78, 5) is 0. The smallest absolute Gasteiger partial charge is 0.205 e. The van der Waals surface area contributed by atoms with Crippen LogP contribution in [0, 0.1) is 0 Å². The van der Waals surface area contributed by atoms with E-state index in [0.29, 0.717) is 4.47 Å². The van der Waals surface area contributed by atoms with Crippen LogP contribution in [-0.4, -0.2) is 0 Å². The molecule has 0 aliphatic carbocycles. The summed E-state index contributed by atoms with van der Waals surface area (Å²) in [5, 5.41) is 0. The van der Waals surface area contributed by atoms with E-state index in [1.165, 1.54) is 6.07 Å². The Bertz CT molecular complexity index is 539. The van der Waals surface area contributed by atoms with Crippen LogP contribution in [0.4, 0.5) is 8.78 Å². The van der Waals surface area contributed by atoms with E-state index in [4.69, 9.17) is 0 Å². The number of hydrogen-bond donors (Lipinski definition) is 0. The Balaban J connectivity index is 2.61. The first-order valence-corrected chi connectivity index (χ1v) is 6.51. The molecule has 0 nitrogen and oxygen atoms in total. The van der Waals surface area contributed by atoms with Gasteiger partial charge in [-0.05, 0) is 33.1 Å². The Morgan fingerprint density at radius 2 is 1.47 bits per heavy atom. The van der Waals surface area contributed by atoms with Gasteiger partial charge in [0.05, 0.1) is 0 Å². The highest BCUT2D eigenvalue weighted by molar-refractivity contribution is 9.11. The molecule has 0 saturated carbocycles. The largest absolute Gasteiger partial charge is 0.264 e. The predicted molar refractivity (Wildman–Crippen MR) is 72.2 cm³/mol. The van der Waals surface area contributed by atoms with E-state index in [0.717, 1.165) is 15.6 Å². The van der Waals surface area contributed by atoms with Crippen LogP contribution in [0.15, 0.2) is 51.4 Å². The Kier molecular flexibility index (Phi) is 3.94. The Morgan fingerprint density at radius 3 is 2.12 bits per heavy atom. The molecule has 0 radical (unpaired) electrons. The molecule has 0 heterocycles. The van der Waals surface area contributed by atoms with Crippen molar-refractivity contribution < 1.29 is 8.78 Å². The zero-order chi connectivity index (χ0) is 12.4. The minimum Gasteiger partial charge on any atom is -0.205 e. The molecule has 4 heteroatoms. The number of alkyl halides is 2. The molecule has 0 aliphatic heterocycles. The average Bonchev–Trinajstić information content (AvgIpc) is 2.30. The fourth-order valence-electron chi connectivity index (χ4n) is 1.61. The van der Waals surface area contributed by atoms with Crippen LogP contribution >= 0.6 is 31.9 Å². The monoisotopic (exact) mass is 360 g/mol. The van der Waals surface area contributed by atoms with Gasteiger partial charge in [0.15, 0.2) is 0 Å². The zero-order valence-electron chi connectivity index (χ0n) is 8.63. The molecule has 0 amide bonds. The fraction of sp³-hybridized carbons (Fsp3) is 0.0769. The van der Waals surface area contributed by atoms with Crippen molar-refractivity contribution in [3.8, 4) is 11.1 Å². The molecule has 0 fully saturated rings. The van der Waals surface area contributed by atoms with Gasteiger partial charge in [-0.15, -0.1) is 0 Å². The lowest BCUT2D eigenvalue weighted by Gasteiger charge is -2.10. The maximum Gasteiger partial charge on any atom is 0.264 e. The first-order valence-electron chi connectivity index (χ1n) is 4.92. The van der Waals surface area contributed by atoms with Crippen LogP contribution in [0.5, 0.6) is 0 Å². The van der Waals surface area contributed by atoms with E-state index in [9.17, 15) is 8.78 Å². The number of rotatable bonds is 2. The van der Waals surface area contributed by atoms with E-state index >= 15 is 0 Å². The second-order valence-corrected chi connectivity index (χ2v) is 5.14. The van der Waals surface area contributed by atoms with Crippen molar-refractivity contribution in [2.24, 2.45) is 0 Å². The predicted octanol–water partition coefficient (Wildman–Crippen LogP) is 5.82. The van der Waals surface area contributed by atoms with Crippen molar-refractivity contribution in [1.82, 2.24) is 0 Å². The van der Waals surface area contributed by atoms with Crippen LogP contribution in [0.25, 0.3) is 11.1 Å². The molecule has 0 unspecified atom stereocenters. The van der Waals surface area contributed by atoms with Gasteiger partial charge in [-0.25, -0.2) is 8.78 Å². The topological polar surface area (TPSA) is 0 Å². The van der Waals surface area contributed by atoms with Gasteiger partial charge in [-0.1, -0.05) is 52.3 Å². The summed E-state index contributed by atoms with van der Waals surface area (Å²) in [6.07, 6.45) is -2.48. The fourth-order valence-corrected chi connectivity index (χ4v) is 2.76. The standard InChI is InChI=1S/C13H8Br2F2/c14-11-7-2-1-4-8(11)9-5-3-6-10(12(9)15)13(16)17/h1-7,13H. The highest BCUT2D eigenvalue weighted by atomic mass is 79.9. The zero-order valence-corrected chi connectivity index (χ0v) is 11.8. The minimum absolute atomic E-state index is 0.0123. The first-order chi connectivity index (χ1) is 8.11. The van der Waals surface area contributed by atoms with Gasteiger partial charge in [0, 0.05) is 14.5 Å². The molecular weight excluding hydrogens is 354 g/mol. The van der Waals surface area contributed by atoms with Crippen molar-refractivity contribution in [3.63, 3.8) is 0 Å². The summed E-state index contributed by atoms with van der Waals surface area (Å²) in [5.41, 5.74) is 1.66. The molecule has 0 aromatic heterocycles. The number of halogens is 4. The molecule has 88 valence electrons. The third-order valence-electron chi connectivity index (χ3n) is 2.43. The Labute approximate surface area is 115 Å².